The van der Waals surface area contributed by atoms with Gasteiger partial charge < -0.3 is 15.0 Å². The lowest BCUT2D eigenvalue weighted by atomic mass is 10.0. The molecule has 23 heavy (non-hydrogen) atoms. The Kier molecular flexibility index (Phi) is 4.93. The standard InChI is InChI=1S/C19H22N2O2/c1-23-18-11-5-3-8-16(18)13-20-14-19(22)21-12-6-9-15-7-2-4-10-17(15)21/h2-5,7-8,10-11,20H,6,9,12-14H2,1H3. The summed E-state index contributed by atoms with van der Waals surface area (Å²) in [4.78, 5) is 14.4. The highest BCUT2D eigenvalue weighted by atomic mass is 16.5. The quantitative estimate of drug-likeness (QED) is 0.923. The average molecular weight is 310 g/mol. The Labute approximate surface area is 137 Å². The Morgan fingerprint density at radius 2 is 1.96 bits per heavy atom. The Morgan fingerprint density at radius 3 is 2.83 bits per heavy atom. The van der Waals surface area contributed by atoms with Gasteiger partial charge in [-0.25, -0.2) is 0 Å². The van der Waals surface area contributed by atoms with Gasteiger partial charge in [-0.3, -0.25) is 4.79 Å². The fourth-order valence-electron chi connectivity index (χ4n) is 3.04. The summed E-state index contributed by atoms with van der Waals surface area (Å²) in [6.07, 6.45) is 2.07. The van der Waals surface area contributed by atoms with Gasteiger partial charge in [-0.05, 0) is 30.5 Å². The summed E-state index contributed by atoms with van der Waals surface area (Å²) >= 11 is 0. The molecule has 0 aromatic heterocycles. The number of anilines is 1. The van der Waals surface area contributed by atoms with Crippen molar-refractivity contribution in [1.82, 2.24) is 5.32 Å². The number of carbonyl (C=O) groups excluding carboxylic acids is 1. The van der Waals surface area contributed by atoms with Crippen LogP contribution in [0.2, 0.25) is 0 Å². The van der Waals surface area contributed by atoms with Crippen LogP contribution in [0.25, 0.3) is 0 Å². The number of hydrogen-bond acceptors (Lipinski definition) is 3. The predicted molar refractivity (Wildman–Crippen MR) is 91.8 cm³/mol. The molecule has 2 aromatic carbocycles. The monoisotopic (exact) mass is 310 g/mol. The number of nitrogens with zero attached hydrogens (tertiary/aromatic N) is 1. The van der Waals surface area contributed by atoms with Crippen LogP contribution >= 0.6 is 0 Å². The first-order chi connectivity index (χ1) is 11.3. The Bertz CT molecular complexity index is 685. The maximum atomic E-state index is 12.5. The topological polar surface area (TPSA) is 41.6 Å². The Balaban J connectivity index is 1.60. The zero-order valence-corrected chi connectivity index (χ0v) is 13.4. The molecule has 1 aliphatic rings. The molecule has 0 spiro atoms. The summed E-state index contributed by atoms with van der Waals surface area (Å²) in [7, 11) is 1.66. The number of para-hydroxylation sites is 2. The van der Waals surface area contributed by atoms with Crippen molar-refractivity contribution in [1.29, 1.82) is 0 Å². The number of aryl methyl sites for hydroxylation is 1. The summed E-state index contributed by atoms with van der Waals surface area (Å²) in [5.74, 6) is 0.961. The molecule has 0 radical (unpaired) electrons. The van der Waals surface area contributed by atoms with Crippen molar-refractivity contribution in [2.45, 2.75) is 19.4 Å². The molecule has 1 aliphatic heterocycles. The zero-order valence-electron chi connectivity index (χ0n) is 13.4. The van der Waals surface area contributed by atoms with Gasteiger partial charge in [0.15, 0.2) is 0 Å². The van der Waals surface area contributed by atoms with E-state index in [0.29, 0.717) is 13.1 Å². The lowest BCUT2D eigenvalue weighted by Crippen LogP contribution is -2.41. The lowest BCUT2D eigenvalue weighted by molar-refractivity contribution is -0.117. The second kappa shape index (κ2) is 7.29. The van der Waals surface area contributed by atoms with Gasteiger partial charge in [0.2, 0.25) is 5.91 Å². The van der Waals surface area contributed by atoms with Gasteiger partial charge in [0.25, 0.3) is 0 Å². The van der Waals surface area contributed by atoms with Crippen LogP contribution in [0.1, 0.15) is 17.5 Å². The highest BCUT2D eigenvalue weighted by molar-refractivity contribution is 5.95. The minimum Gasteiger partial charge on any atom is -0.496 e. The molecule has 0 unspecified atom stereocenters. The maximum Gasteiger partial charge on any atom is 0.240 e. The van der Waals surface area contributed by atoms with E-state index < -0.39 is 0 Å². The number of hydrogen-bond donors (Lipinski definition) is 1. The largest absolute Gasteiger partial charge is 0.496 e. The first kappa shape index (κ1) is 15.6. The lowest BCUT2D eigenvalue weighted by Gasteiger charge is -2.29. The highest BCUT2D eigenvalue weighted by Crippen LogP contribution is 2.26. The van der Waals surface area contributed by atoms with Crippen LogP contribution in [-0.2, 0) is 17.8 Å². The van der Waals surface area contributed by atoms with Crippen LogP contribution in [0.15, 0.2) is 48.5 Å². The van der Waals surface area contributed by atoms with Crippen molar-refractivity contribution in [3.05, 3.63) is 59.7 Å². The van der Waals surface area contributed by atoms with Gasteiger partial charge in [-0.15, -0.1) is 0 Å². The van der Waals surface area contributed by atoms with Crippen LogP contribution in [0.5, 0.6) is 5.75 Å². The van der Waals surface area contributed by atoms with E-state index in [2.05, 4.69) is 11.4 Å². The Hall–Kier alpha value is -2.33. The number of methoxy groups -OCH3 is 1. The number of ether oxygens (including phenoxy) is 1. The van der Waals surface area contributed by atoms with Gasteiger partial charge in [0.1, 0.15) is 5.75 Å². The molecule has 3 rings (SSSR count). The summed E-state index contributed by atoms with van der Waals surface area (Å²) in [6, 6.07) is 16.0. The number of nitrogens with one attached hydrogen (secondary N) is 1. The molecule has 0 atom stereocenters. The summed E-state index contributed by atoms with van der Waals surface area (Å²) in [6.45, 7) is 1.74. The molecule has 1 N–H and O–H groups in total. The van der Waals surface area contributed by atoms with E-state index in [4.69, 9.17) is 4.74 Å². The van der Waals surface area contributed by atoms with Crippen molar-refractivity contribution < 1.29 is 9.53 Å². The van der Waals surface area contributed by atoms with Crippen molar-refractivity contribution in [2.75, 3.05) is 25.1 Å². The van der Waals surface area contributed by atoms with Crippen LogP contribution in [0.3, 0.4) is 0 Å². The third kappa shape index (κ3) is 3.54. The number of benzene rings is 2. The molecule has 1 amide bonds. The van der Waals surface area contributed by atoms with E-state index in [1.165, 1.54) is 5.56 Å². The zero-order chi connectivity index (χ0) is 16.1. The molecule has 0 fully saturated rings. The van der Waals surface area contributed by atoms with E-state index in [0.717, 1.165) is 36.4 Å². The van der Waals surface area contributed by atoms with E-state index in [1.807, 2.05) is 47.4 Å². The van der Waals surface area contributed by atoms with Crippen LogP contribution in [0.4, 0.5) is 5.69 Å². The van der Waals surface area contributed by atoms with Crippen LogP contribution < -0.4 is 15.0 Å². The number of carbonyl (C=O) groups is 1. The maximum absolute atomic E-state index is 12.5. The summed E-state index contributed by atoms with van der Waals surface area (Å²) in [5, 5.41) is 3.23. The molecule has 4 nitrogen and oxygen atoms in total. The van der Waals surface area contributed by atoms with E-state index in [-0.39, 0.29) is 5.91 Å². The SMILES string of the molecule is COc1ccccc1CNCC(=O)N1CCCc2ccccc21. The van der Waals surface area contributed by atoms with Crippen LogP contribution in [-0.4, -0.2) is 26.1 Å². The highest BCUT2D eigenvalue weighted by Gasteiger charge is 2.21. The van der Waals surface area contributed by atoms with Crippen molar-refractivity contribution >= 4 is 11.6 Å². The molecular formula is C19H22N2O2. The van der Waals surface area contributed by atoms with Gasteiger partial charge >= 0.3 is 0 Å². The average Bonchev–Trinajstić information content (AvgIpc) is 2.61. The summed E-state index contributed by atoms with van der Waals surface area (Å²) < 4.78 is 5.33. The molecule has 0 aliphatic carbocycles. The van der Waals surface area contributed by atoms with E-state index in [1.54, 1.807) is 7.11 Å². The molecule has 0 saturated heterocycles. The second-order valence-corrected chi connectivity index (χ2v) is 5.69. The van der Waals surface area contributed by atoms with E-state index >= 15 is 0 Å². The van der Waals surface area contributed by atoms with Crippen molar-refractivity contribution in [3.63, 3.8) is 0 Å². The fraction of sp³-hybridized carbons (Fsp3) is 0.316. The minimum atomic E-state index is 0.118. The van der Waals surface area contributed by atoms with Gasteiger partial charge in [-0.2, -0.15) is 0 Å². The molecule has 4 heteroatoms. The molecule has 1 heterocycles. The normalized spacial score (nSPS) is 13.5. The number of rotatable bonds is 5. The number of amides is 1. The fourth-order valence-corrected chi connectivity index (χ4v) is 3.04. The number of fused-ring (bicyclic) bond motifs is 1. The first-order valence-electron chi connectivity index (χ1n) is 8.00. The Morgan fingerprint density at radius 1 is 1.17 bits per heavy atom. The van der Waals surface area contributed by atoms with Crippen molar-refractivity contribution in [3.8, 4) is 5.75 Å². The van der Waals surface area contributed by atoms with Gasteiger partial charge in [0, 0.05) is 24.3 Å². The van der Waals surface area contributed by atoms with Gasteiger partial charge in [-0.1, -0.05) is 36.4 Å². The molecule has 2 aromatic rings. The summed E-state index contributed by atoms with van der Waals surface area (Å²) in [5.41, 5.74) is 3.38. The molecule has 0 saturated carbocycles. The van der Waals surface area contributed by atoms with Crippen LogP contribution in [0, 0.1) is 0 Å². The molecule has 120 valence electrons. The minimum absolute atomic E-state index is 0.118. The van der Waals surface area contributed by atoms with E-state index in [9.17, 15) is 4.79 Å². The van der Waals surface area contributed by atoms with Crippen molar-refractivity contribution in [2.24, 2.45) is 0 Å². The molecular weight excluding hydrogens is 288 g/mol. The third-order valence-electron chi connectivity index (χ3n) is 4.20. The second-order valence-electron chi connectivity index (χ2n) is 5.69. The van der Waals surface area contributed by atoms with Gasteiger partial charge in [0.05, 0.1) is 13.7 Å². The smallest absolute Gasteiger partial charge is 0.240 e. The first-order valence-corrected chi connectivity index (χ1v) is 8.00. The third-order valence-corrected chi connectivity index (χ3v) is 4.20. The molecule has 0 bridgehead atoms. The predicted octanol–water partition coefficient (Wildman–Crippen LogP) is 2.76.